The van der Waals surface area contributed by atoms with Gasteiger partial charge in [0.2, 0.25) is 5.91 Å². The van der Waals surface area contributed by atoms with Crippen molar-refractivity contribution in [3.05, 3.63) is 53.6 Å². The molecule has 1 amide bonds. The van der Waals surface area contributed by atoms with Crippen molar-refractivity contribution in [3.8, 4) is 17.2 Å². The van der Waals surface area contributed by atoms with Crippen LogP contribution in [0.15, 0.2) is 42.5 Å². The van der Waals surface area contributed by atoms with Crippen LogP contribution in [0.3, 0.4) is 0 Å². The summed E-state index contributed by atoms with van der Waals surface area (Å²) in [7, 11) is 0. The first-order valence-electron chi connectivity index (χ1n) is 8.70. The Hall–Kier alpha value is -3.26. The van der Waals surface area contributed by atoms with Gasteiger partial charge in [-0.3, -0.25) is 4.79 Å². The van der Waals surface area contributed by atoms with Crippen molar-refractivity contribution in [2.45, 2.75) is 25.3 Å². The van der Waals surface area contributed by atoms with Crippen LogP contribution in [0.2, 0.25) is 0 Å². The van der Waals surface area contributed by atoms with Crippen molar-refractivity contribution in [2.75, 3.05) is 6.61 Å². The summed E-state index contributed by atoms with van der Waals surface area (Å²) in [5.41, 5.74) is 1.10. The standard InChI is InChI=1S/C20H23NO7/c22-11-13(7-14-3-6-16(24)10-18(14)25)9-19(26)21-17(20(27)28)8-12-1-4-15(23)5-2-12/h1-6,10,13,17,22-25H,7-9,11H2,(H,21,26)(H,27,28)/t13?,17-/m0/s1. The van der Waals surface area contributed by atoms with Crippen molar-refractivity contribution in [2.24, 2.45) is 5.92 Å². The highest BCUT2D eigenvalue weighted by molar-refractivity contribution is 5.83. The average molecular weight is 389 g/mol. The van der Waals surface area contributed by atoms with Crippen molar-refractivity contribution < 1.29 is 35.1 Å². The van der Waals surface area contributed by atoms with Gasteiger partial charge in [-0.1, -0.05) is 18.2 Å². The molecule has 0 aliphatic rings. The number of rotatable bonds is 9. The number of aliphatic hydroxyl groups excluding tert-OH is 1. The highest BCUT2D eigenvalue weighted by Crippen LogP contribution is 2.25. The van der Waals surface area contributed by atoms with Crippen LogP contribution in [0.5, 0.6) is 17.2 Å². The number of phenols is 3. The fourth-order valence-corrected chi connectivity index (χ4v) is 2.82. The minimum absolute atomic E-state index is 0.0455. The lowest BCUT2D eigenvalue weighted by Gasteiger charge is -2.18. The third-order valence-corrected chi connectivity index (χ3v) is 4.32. The molecule has 8 heteroatoms. The molecule has 2 aromatic rings. The van der Waals surface area contributed by atoms with Gasteiger partial charge < -0.3 is 30.8 Å². The van der Waals surface area contributed by atoms with Crippen LogP contribution in [0.25, 0.3) is 0 Å². The summed E-state index contributed by atoms with van der Waals surface area (Å²) in [4.78, 5) is 23.7. The molecule has 0 aliphatic heterocycles. The summed E-state index contributed by atoms with van der Waals surface area (Å²) in [5.74, 6) is -2.45. The van der Waals surface area contributed by atoms with Crippen LogP contribution in [-0.2, 0) is 22.4 Å². The normalized spacial score (nSPS) is 12.9. The number of aliphatic hydroxyl groups is 1. The maximum atomic E-state index is 12.3. The maximum absolute atomic E-state index is 12.3. The van der Waals surface area contributed by atoms with Gasteiger partial charge in [-0.05, 0) is 41.7 Å². The van der Waals surface area contributed by atoms with E-state index in [0.717, 1.165) is 0 Å². The van der Waals surface area contributed by atoms with E-state index in [1.807, 2.05) is 0 Å². The van der Waals surface area contributed by atoms with E-state index >= 15 is 0 Å². The topological polar surface area (TPSA) is 147 Å². The summed E-state index contributed by atoms with van der Waals surface area (Å²) >= 11 is 0. The molecule has 2 aromatic carbocycles. The summed E-state index contributed by atoms with van der Waals surface area (Å²) in [6.07, 6.45) is 0.103. The number of carbonyl (C=O) groups is 2. The van der Waals surface area contributed by atoms with E-state index in [0.29, 0.717) is 11.1 Å². The van der Waals surface area contributed by atoms with Crippen LogP contribution in [-0.4, -0.2) is 50.1 Å². The van der Waals surface area contributed by atoms with Crippen molar-refractivity contribution in [1.82, 2.24) is 5.32 Å². The minimum atomic E-state index is -1.20. The number of hydrogen-bond donors (Lipinski definition) is 6. The number of phenolic OH excluding ortho intramolecular Hbond substituents is 3. The van der Waals surface area contributed by atoms with Gasteiger partial charge in [0.05, 0.1) is 0 Å². The van der Waals surface area contributed by atoms with E-state index in [1.165, 1.54) is 30.3 Å². The number of carbonyl (C=O) groups excluding carboxylic acids is 1. The minimum Gasteiger partial charge on any atom is -0.508 e. The molecular formula is C20H23NO7. The third kappa shape index (κ3) is 6.17. The fourth-order valence-electron chi connectivity index (χ4n) is 2.82. The molecule has 0 fully saturated rings. The Kier molecular flexibility index (Phi) is 7.22. The second kappa shape index (κ2) is 9.61. The highest BCUT2D eigenvalue weighted by atomic mass is 16.4. The number of hydrogen-bond acceptors (Lipinski definition) is 6. The maximum Gasteiger partial charge on any atom is 0.326 e. The molecule has 0 saturated heterocycles. The molecule has 0 heterocycles. The first kappa shape index (κ1) is 21.0. The van der Waals surface area contributed by atoms with Gasteiger partial charge in [-0.15, -0.1) is 0 Å². The van der Waals surface area contributed by atoms with Crippen molar-refractivity contribution >= 4 is 11.9 Å². The predicted octanol–water partition coefficient (Wildman–Crippen LogP) is 1.16. The molecule has 0 radical (unpaired) electrons. The van der Waals surface area contributed by atoms with Crippen LogP contribution >= 0.6 is 0 Å². The molecule has 6 N–H and O–H groups in total. The molecule has 0 aromatic heterocycles. The zero-order chi connectivity index (χ0) is 20.7. The molecule has 0 spiro atoms. The van der Waals surface area contributed by atoms with Gasteiger partial charge in [0, 0.05) is 25.5 Å². The van der Waals surface area contributed by atoms with Gasteiger partial charge in [0.1, 0.15) is 23.3 Å². The van der Waals surface area contributed by atoms with Gasteiger partial charge in [-0.2, -0.15) is 0 Å². The average Bonchev–Trinajstić information content (AvgIpc) is 2.64. The second-order valence-electron chi connectivity index (χ2n) is 6.60. The summed E-state index contributed by atoms with van der Waals surface area (Å²) in [5, 5.41) is 49.8. The van der Waals surface area contributed by atoms with Gasteiger partial charge in [0.25, 0.3) is 0 Å². The van der Waals surface area contributed by atoms with Crippen LogP contribution in [0, 0.1) is 5.92 Å². The Bertz CT molecular complexity index is 820. The van der Waals surface area contributed by atoms with E-state index < -0.39 is 23.8 Å². The Morgan fingerprint density at radius 1 is 0.929 bits per heavy atom. The van der Waals surface area contributed by atoms with Crippen LogP contribution < -0.4 is 5.32 Å². The van der Waals surface area contributed by atoms with Gasteiger partial charge >= 0.3 is 5.97 Å². The van der Waals surface area contributed by atoms with Crippen molar-refractivity contribution in [3.63, 3.8) is 0 Å². The van der Waals surface area contributed by atoms with E-state index in [1.54, 1.807) is 12.1 Å². The number of amides is 1. The number of aromatic hydroxyl groups is 3. The quantitative estimate of drug-likeness (QED) is 0.377. The number of carboxylic acids is 1. The Labute approximate surface area is 161 Å². The molecule has 28 heavy (non-hydrogen) atoms. The van der Waals surface area contributed by atoms with Crippen molar-refractivity contribution in [1.29, 1.82) is 0 Å². The zero-order valence-corrected chi connectivity index (χ0v) is 15.1. The van der Waals surface area contributed by atoms with Crippen LogP contribution in [0.4, 0.5) is 0 Å². The second-order valence-corrected chi connectivity index (χ2v) is 6.60. The van der Waals surface area contributed by atoms with Gasteiger partial charge in [-0.25, -0.2) is 4.79 Å². The van der Waals surface area contributed by atoms with E-state index in [2.05, 4.69) is 5.32 Å². The summed E-state index contributed by atoms with van der Waals surface area (Å²) in [6, 6.07) is 8.91. The first-order valence-corrected chi connectivity index (χ1v) is 8.70. The molecular weight excluding hydrogens is 366 g/mol. The van der Waals surface area contributed by atoms with Gasteiger partial charge in [0.15, 0.2) is 0 Å². The predicted molar refractivity (Wildman–Crippen MR) is 100 cm³/mol. The Balaban J connectivity index is 1.97. The lowest BCUT2D eigenvalue weighted by molar-refractivity contribution is -0.142. The van der Waals surface area contributed by atoms with E-state index in [-0.39, 0.29) is 43.1 Å². The zero-order valence-electron chi connectivity index (χ0n) is 15.1. The molecule has 8 nitrogen and oxygen atoms in total. The number of nitrogens with one attached hydrogen (secondary N) is 1. The molecule has 2 rings (SSSR count). The summed E-state index contributed by atoms with van der Waals surface area (Å²) < 4.78 is 0. The first-order chi connectivity index (χ1) is 13.3. The van der Waals surface area contributed by atoms with E-state index in [4.69, 9.17) is 0 Å². The van der Waals surface area contributed by atoms with E-state index in [9.17, 15) is 35.1 Å². The smallest absolute Gasteiger partial charge is 0.326 e. The summed E-state index contributed by atoms with van der Waals surface area (Å²) in [6.45, 7) is -0.330. The molecule has 2 atom stereocenters. The number of benzene rings is 2. The lowest BCUT2D eigenvalue weighted by atomic mass is 9.95. The molecule has 1 unspecified atom stereocenters. The molecule has 150 valence electrons. The Morgan fingerprint density at radius 2 is 1.57 bits per heavy atom. The monoisotopic (exact) mass is 389 g/mol. The number of carboxylic acid groups (broad SMARTS) is 1. The Morgan fingerprint density at radius 3 is 2.14 bits per heavy atom. The third-order valence-electron chi connectivity index (χ3n) is 4.32. The highest BCUT2D eigenvalue weighted by Gasteiger charge is 2.23. The van der Waals surface area contributed by atoms with Crippen LogP contribution in [0.1, 0.15) is 17.5 Å². The largest absolute Gasteiger partial charge is 0.508 e. The molecule has 0 aliphatic carbocycles. The molecule has 0 saturated carbocycles. The fraction of sp³-hybridized carbons (Fsp3) is 0.300. The number of aliphatic carboxylic acids is 1. The lowest BCUT2D eigenvalue weighted by Crippen LogP contribution is -2.43. The SMILES string of the molecule is O=C(CC(CO)Cc1ccc(O)cc1O)N[C@@H](Cc1ccc(O)cc1)C(=O)O. The molecule has 0 bridgehead atoms.